The second-order valence-electron chi connectivity index (χ2n) is 6.11. The third-order valence-corrected chi connectivity index (χ3v) is 4.27. The minimum absolute atomic E-state index is 0.182. The molecule has 2 amide bonds. The van der Waals surface area contributed by atoms with E-state index in [2.05, 4.69) is 22.5 Å². The highest BCUT2D eigenvalue weighted by Gasteiger charge is 2.22. The van der Waals surface area contributed by atoms with Gasteiger partial charge in [0.25, 0.3) is 0 Å². The highest BCUT2D eigenvalue weighted by Crippen LogP contribution is 2.12. The Kier molecular flexibility index (Phi) is 7.30. The van der Waals surface area contributed by atoms with Crippen LogP contribution in [0, 0.1) is 5.92 Å². The molecule has 20 heavy (non-hydrogen) atoms. The maximum absolute atomic E-state index is 11.7. The molecule has 0 aliphatic carbocycles. The summed E-state index contributed by atoms with van der Waals surface area (Å²) in [7, 11) is 0. The van der Waals surface area contributed by atoms with Crippen LogP contribution in [0.4, 0.5) is 4.79 Å². The maximum Gasteiger partial charge on any atom is 0.314 e. The Morgan fingerprint density at radius 1 is 1.25 bits per heavy atom. The summed E-state index contributed by atoms with van der Waals surface area (Å²) >= 11 is 0. The summed E-state index contributed by atoms with van der Waals surface area (Å²) < 4.78 is 0. The van der Waals surface area contributed by atoms with Gasteiger partial charge in [0.15, 0.2) is 0 Å². The van der Waals surface area contributed by atoms with Crippen LogP contribution >= 0.6 is 0 Å². The van der Waals surface area contributed by atoms with E-state index in [1.807, 2.05) is 13.8 Å². The number of rotatable bonds is 8. The van der Waals surface area contributed by atoms with Crippen molar-refractivity contribution in [3.63, 3.8) is 0 Å². The number of carbonyl (C=O) groups is 1. The normalized spacial score (nSPS) is 18.0. The summed E-state index contributed by atoms with van der Waals surface area (Å²) in [6, 6.07) is -0.182. The number of likely N-dealkylation sites (tertiary alicyclic amines) is 1. The highest BCUT2D eigenvalue weighted by molar-refractivity contribution is 5.73. The molecule has 0 radical (unpaired) electrons. The zero-order chi connectivity index (χ0) is 15.0. The van der Waals surface area contributed by atoms with E-state index >= 15 is 0 Å². The van der Waals surface area contributed by atoms with Gasteiger partial charge in [-0.15, -0.1) is 0 Å². The van der Waals surface area contributed by atoms with Gasteiger partial charge in [-0.3, -0.25) is 0 Å². The molecule has 0 spiro atoms. The Morgan fingerprint density at radius 2 is 1.85 bits per heavy atom. The Labute approximate surface area is 123 Å². The van der Waals surface area contributed by atoms with Crippen molar-refractivity contribution in [3.05, 3.63) is 0 Å². The van der Waals surface area contributed by atoms with Gasteiger partial charge in [0.2, 0.25) is 0 Å². The average molecular weight is 285 g/mol. The third kappa shape index (κ3) is 6.09. The third-order valence-electron chi connectivity index (χ3n) is 4.27. The van der Waals surface area contributed by atoms with Crippen LogP contribution in [0.3, 0.4) is 0 Å². The standard InChI is InChI=1S/C15H31N3O2/c1-4-15(20,5-2)12-17-14(19)16-10-13(3)11-18-8-6-7-9-18/h13,20H,4-12H2,1-3H3,(H2,16,17,19). The summed E-state index contributed by atoms with van der Waals surface area (Å²) in [5.74, 6) is 0.454. The smallest absolute Gasteiger partial charge is 0.314 e. The molecule has 5 heteroatoms. The second kappa shape index (κ2) is 8.47. The number of hydrogen-bond donors (Lipinski definition) is 3. The molecule has 1 atom stereocenters. The fourth-order valence-corrected chi connectivity index (χ4v) is 2.54. The molecule has 1 aliphatic rings. The van der Waals surface area contributed by atoms with E-state index in [9.17, 15) is 9.90 Å². The number of carbonyl (C=O) groups excluding carboxylic acids is 1. The minimum atomic E-state index is -0.779. The second-order valence-corrected chi connectivity index (χ2v) is 6.11. The molecule has 118 valence electrons. The van der Waals surface area contributed by atoms with Crippen LogP contribution in [-0.4, -0.2) is 54.4 Å². The molecule has 0 aromatic heterocycles. The first-order chi connectivity index (χ1) is 9.49. The van der Waals surface area contributed by atoms with Crippen LogP contribution in [0.2, 0.25) is 0 Å². The molecule has 0 aromatic rings. The molecule has 1 unspecified atom stereocenters. The van der Waals surface area contributed by atoms with Crippen LogP contribution in [0.15, 0.2) is 0 Å². The lowest BCUT2D eigenvalue weighted by molar-refractivity contribution is 0.0349. The van der Waals surface area contributed by atoms with E-state index in [4.69, 9.17) is 0 Å². The van der Waals surface area contributed by atoms with Gasteiger partial charge >= 0.3 is 6.03 Å². The van der Waals surface area contributed by atoms with E-state index in [0.29, 0.717) is 31.8 Å². The van der Waals surface area contributed by atoms with Gasteiger partial charge in [0.1, 0.15) is 0 Å². The largest absolute Gasteiger partial charge is 0.388 e. The minimum Gasteiger partial charge on any atom is -0.388 e. The van der Waals surface area contributed by atoms with Gasteiger partial charge in [-0.05, 0) is 44.7 Å². The predicted octanol–water partition coefficient (Wildman–Crippen LogP) is 1.57. The molecule has 5 nitrogen and oxygen atoms in total. The zero-order valence-electron chi connectivity index (χ0n) is 13.2. The Balaban J connectivity index is 2.15. The Morgan fingerprint density at radius 3 is 2.40 bits per heavy atom. The lowest BCUT2D eigenvalue weighted by Gasteiger charge is -2.26. The van der Waals surface area contributed by atoms with Gasteiger partial charge in [-0.1, -0.05) is 20.8 Å². The Bertz CT molecular complexity index is 287. The van der Waals surface area contributed by atoms with Crippen LogP contribution < -0.4 is 10.6 Å². The van der Waals surface area contributed by atoms with E-state index in [1.54, 1.807) is 0 Å². The summed E-state index contributed by atoms with van der Waals surface area (Å²) in [5.41, 5.74) is -0.779. The number of hydrogen-bond acceptors (Lipinski definition) is 3. The quantitative estimate of drug-likeness (QED) is 0.634. The van der Waals surface area contributed by atoms with Gasteiger partial charge in [-0.25, -0.2) is 4.79 Å². The van der Waals surface area contributed by atoms with E-state index in [1.165, 1.54) is 25.9 Å². The summed E-state index contributed by atoms with van der Waals surface area (Å²) in [6.45, 7) is 10.4. The molecule has 1 rings (SSSR count). The van der Waals surface area contributed by atoms with Crippen molar-refractivity contribution in [2.75, 3.05) is 32.7 Å². The average Bonchev–Trinajstić information content (AvgIpc) is 2.95. The van der Waals surface area contributed by atoms with Crippen molar-refractivity contribution in [1.29, 1.82) is 0 Å². The molecular formula is C15H31N3O2. The first-order valence-electron chi connectivity index (χ1n) is 7.95. The van der Waals surface area contributed by atoms with Gasteiger partial charge < -0.3 is 20.6 Å². The van der Waals surface area contributed by atoms with Crippen molar-refractivity contribution in [2.24, 2.45) is 5.92 Å². The fourth-order valence-electron chi connectivity index (χ4n) is 2.54. The van der Waals surface area contributed by atoms with Crippen molar-refractivity contribution in [3.8, 4) is 0 Å². The number of nitrogens with one attached hydrogen (secondary N) is 2. The van der Waals surface area contributed by atoms with Crippen LogP contribution in [0.1, 0.15) is 46.5 Å². The molecule has 0 saturated carbocycles. The molecule has 1 aliphatic heterocycles. The van der Waals surface area contributed by atoms with Crippen LogP contribution in [0.5, 0.6) is 0 Å². The van der Waals surface area contributed by atoms with E-state index < -0.39 is 5.60 Å². The SMILES string of the molecule is CCC(O)(CC)CNC(=O)NCC(C)CN1CCCC1. The number of amides is 2. The van der Waals surface area contributed by atoms with E-state index in [-0.39, 0.29) is 6.03 Å². The summed E-state index contributed by atoms with van der Waals surface area (Å²) in [6.07, 6.45) is 3.89. The van der Waals surface area contributed by atoms with Crippen molar-refractivity contribution in [1.82, 2.24) is 15.5 Å². The first-order valence-corrected chi connectivity index (χ1v) is 7.95. The van der Waals surface area contributed by atoms with Crippen molar-refractivity contribution >= 4 is 6.03 Å². The Hall–Kier alpha value is -0.810. The van der Waals surface area contributed by atoms with Gasteiger partial charge in [0, 0.05) is 19.6 Å². The van der Waals surface area contributed by atoms with E-state index in [0.717, 1.165) is 6.54 Å². The van der Waals surface area contributed by atoms with Crippen LogP contribution in [-0.2, 0) is 0 Å². The van der Waals surface area contributed by atoms with Gasteiger partial charge in [-0.2, -0.15) is 0 Å². The number of urea groups is 1. The molecular weight excluding hydrogens is 254 g/mol. The zero-order valence-corrected chi connectivity index (χ0v) is 13.2. The number of aliphatic hydroxyl groups is 1. The molecule has 0 bridgehead atoms. The van der Waals surface area contributed by atoms with Crippen LogP contribution in [0.25, 0.3) is 0 Å². The monoisotopic (exact) mass is 285 g/mol. The topological polar surface area (TPSA) is 64.6 Å². The molecule has 0 aromatic carbocycles. The lowest BCUT2D eigenvalue weighted by atomic mass is 9.98. The maximum atomic E-state index is 11.7. The number of nitrogens with zero attached hydrogens (tertiary/aromatic N) is 1. The van der Waals surface area contributed by atoms with Crippen molar-refractivity contribution < 1.29 is 9.90 Å². The summed E-state index contributed by atoms with van der Waals surface area (Å²) in [5, 5.41) is 15.7. The predicted molar refractivity (Wildman–Crippen MR) is 81.8 cm³/mol. The molecule has 1 heterocycles. The summed E-state index contributed by atoms with van der Waals surface area (Å²) in [4.78, 5) is 14.2. The fraction of sp³-hybridized carbons (Fsp3) is 0.933. The molecule has 1 saturated heterocycles. The highest BCUT2D eigenvalue weighted by atomic mass is 16.3. The van der Waals surface area contributed by atoms with Crippen molar-refractivity contribution in [2.45, 2.75) is 52.1 Å². The molecule has 1 fully saturated rings. The first kappa shape index (κ1) is 17.2. The lowest BCUT2D eigenvalue weighted by Crippen LogP contribution is -2.47. The van der Waals surface area contributed by atoms with Gasteiger partial charge in [0.05, 0.1) is 5.60 Å². The molecule has 3 N–H and O–H groups in total.